The summed E-state index contributed by atoms with van der Waals surface area (Å²) in [6.45, 7) is 7.29. The van der Waals surface area contributed by atoms with Crippen LogP contribution in [-0.4, -0.2) is 11.5 Å². The van der Waals surface area contributed by atoms with Gasteiger partial charge in [0.15, 0.2) is 0 Å². The van der Waals surface area contributed by atoms with Crippen molar-refractivity contribution in [2.75, 3.05) is 6.54 Å². The van der Waals surface area contributed by atoms with E-state index in [1.54, 1.807) is 0 Å². The number of pyridine rings is 1. The van der Waals surface area contributed by atoms with Crippen molar-refractivity contribution >= 4 is 22.2 Å². The molecule has 1 N–H and O–H groups in total. The van der Waals surface area contributed by atoms with Crippen molar-refractivity contribution in [3.8, 4) is 0 Å². The van der Waals surface area contributed by atoms with Gasteiger partial charge in [-0.15, -0.1) is 11.3 Å². The van der Waals surface area contributed by atoms with Crippen LogP contribution in [-0.2, 0) is 0 Å². The van der Waals surface area contributed by atoms with Crippen LogP contribution in [0.2, 0.25) is 0 Å². The highest BCUT2D eigenvalue weighted by atomic mass is 32.1. The molecular formula is C18H20N2S. The molecular weight excluding hydrogens is 276 g/mol. The van der Waals surface area contributed by atoms with Crippen molar-refractivity contribution in [2.45, 2.75) is 26.8 Å². The second kappa shape index (κ2) is 5.96. The first-order chi connectivity index (χ1) is 10.2. The molecule has 0 saturated heterocycles. The van der Waals surface area contributed by atoms with E-state index in [1.165, 1.54) is 20.7 Å². The summed E-state index contributed by atoms with van der Waals surface area (Å²) in [6.07, 6.45) is 0. The van der Waals surface area contributed by atoms with Gasteiger partial charge in [0.05, 0.1) is 11.6 Å². The highest BCUT2D eigenvalue weighted by Gasteiger charge is 2.15. The number of nitrogens with zero attached hydrogens (tertiary/aromatic N) is 1. The molecule has 0 spiro atoms. The number of benzene rings is 1. The van der Waals surface area contributed by atoms with Crippen molar-refractivity contribution in [3.05, 3.63) is 63.5 Å². The maximum Gasteiger partial charge on any atom is 0.0705 e. The molecule has 0 amide bonds. The molecule has 1 aromatic carbocycles. The molecule has 2 heterocycles. The van der Waals surface area contributed by atoms with Gasteiger partial charge >= 0.3 is 0 Å². The number of hydrogen-bond acceptors (Lipinski definition) is 3. The Balaban J connectivity index is 2.04. The second-order valence-electron chi connectivity index (χ2n) is 5.34. The van der Waals surface area contributed by atoms with E-state index in [0.717, 1.165) is 17.8 Å². The fourth-order valence-corrected chi connectivity index (χ4v) is 3.60. The second-order valence-corrected chi connectivity index (χ2v) is 6.66. The zero-order valence-corrected chi connectivity index (χ0v) is 13.5. The lowest BCUT2D eigenvalue weighted by Crippen LogP contribution is -2.21. The summed E-state index contributed by atoms with van der Waals surface area (Å²) in [5, 5.41) is 4.80. The van der Waals surface area contributed by atoms with Crippen molar-refractivity contribution in [1.29, 1.82) is 0 Å². The quantitative estimate of drug-likeness (QED) is 0.760. The standard InChI is InChI=1S/C18H20N2S/c1-4-19-18(17-10-6-13(3)21-17)15-8-9-16-14(11-15)7-5-12(2)20-16/h5-11,18-19H,4H2,1-3H3. The molecule has 0 aliphatic rings. The molecule has 1 unspecified atom stereocenters. The van der Waals surface area contributed by atoms with Crippen LogP contribution < -0.4 is 5.32 Å². The van der Waals surface area contributed by atoms with Crippen LogP contribution in [0.5, 0.6) is 0 Å². The summed E-state index contributed by atoms with van der Waals surface area (Å²) in [5.74, 6) is 0. The van der Waals surface area contributed by atoms with E-state index in [4.69, 9.17) is 0 Å². The Morgan fingerprint density at radius 2 is 1.95 bits per heavy atom. The van der Waals surface area contributed by atoms with E-state index in [2.05, 4.69) is 66.6 Å². The minimum absolute atomic E-state index is 0.263. The number of fused-ring (bicyclic) bond motifs is 1. The lowest BCUT2D eigenvalue weighted by Gasteiger charge is -2.17. The number of thiophene rings is 1. The van der Waals surface area contributed by atoms with Gasteiger partial charge in [-0.3, -0.25) is 4.98 Å². The smallest absolute Gasteiger partial charge is 0.0705 e. The SMILES string of the molecule is CCNC(c1ccc2nc(C)ccc2c1)c1ccc(C)s1. The third-order valence-corrected chi connectivity index (χ3v) is 4.71. The summed E-state index contributed by atoms with van der Waals surface area (Å²) in [6, 6.07) is 15.5. The Morgan fingerprint density at radius 3 is 2.67 bits per heavy atom. The molecule has 0 bridgehead atoms. The van der Waals surface area contributed by atoms with Crippen LogP contribution >= 0.6 is 11.3 Å². The van der Waals surface area contributed by atoms with Crippen LogP contribution in [0.25, 0.3) is 10.9 Å². The Morgan fingerprint density at radius 1 is 1.10 bits per heavy atom. The lowest BCUT2D eigenvalue weighted by molar-refractivity contribution is 0.640. The van der Waals surface area contributed by atoms with Gasteiger partial charge in [0, 0.05) is 20.8 Å². The van der Waals surface area contributed by atoms with Crippen LogP contribution in [0.4, 0.5) is 0 Å². The maximum atomic E-state index is 4.58. The highest BCUT2D eigenvalue weighted by molar-refractivity contribution is 7.12. The molecule has 0 aliphatic carbocycles. The zero-order chi connectivity index (χ0) is 14.8. The summed E-state index contributed by atoms with van der Waals surface area (Å²) >= 11 is 1.86. The Bertz CT molecular complexity index is 761. The first kappa shape index (κ1) is 14.2. The van der Waals surface area contributed by atoms with E-state index in [-0.39, 0.29) is 6.04 Å². The van der Waals surface area contributed by atoms with Crippen LogP contribution in [0, 0.1) is 13.8 Å². The molecule has 2 nitrogen and oxygen atoms in total. The van der Waals surface area contributed by atoms with Gasteiger partial charge in [-0.25, -0.2) is 0 Å². The molecule has 0 saturated carbocycles. The predicted octanol–water partition coefficient (Wildman–Crippen LogP) is 4.61. The molecule has 108 valence electrons. The maximum absolute atomic E-state index is 4.58. The first-order valence-corrected chi connectivity index (χ1v) is 8.16. The normalized spacial score (nSPS) is 12.7. The van der Waals surface area contributed by atoms with Gasteiger partial charge in [0.1, 0.15) is 0 Å². The Labute approximate surface area is 129 Å². The largest absolute Gasteiger partial charge is 0.306 e. The molecule has 1 atom stereocenters. The van der Waals surface area contributed by atoms with Gasteiger partial charge in [0.2, 0.25) is 0 Å². The minimum atomic E-state index is 0.263. The topological polar surface area (TPSA) is 24.9 Å². The summed E-state index contributed by atoms with van der Waals surface area (Å²) in [7, 11) is 0. The predicted molar refractivity (Wildman–Crippen MR) is 91.1 cm³/mol. The fraction of sp³-hybridized carbons (Fsp3) is 0.278. The van der Waals surface area contributed by atoms with Gasteiger partial charge in [-0.1, -0.05) is 19.1 Å². The molecule has 2 aromatic heterocycles. The van der Waals surface area contributed by atoms with Crippen LogP contribution in [0.15, 0.2) is 42.5 Å². The first-order valence-electron chi connectivity index (χ1n) is 7.34. The summed E-state index contributed by atoms with van der Waals surface area (Å²) < 4.78 is 0. The molecule has 3 heteroatoms. The molecule has 3 aromatic rings. The zero-order valence-electron chi connectivity index (χ0n) is 12.7. The fourth-order valence-electron chi connectivity index (χ4n) is 2.62. The van der Waals surface area contributed by atoms with Crippen molar-refractivity contribution in [2.24, 2.45) is 0 Å². The molecule has 21 heavy (non-hydrogen) atoms. The van der Waals surface area contributed by atoms with Crippen molar-refractivity contribution < 1.29 is 0 Å². The lowest BCUT2D eigenvalue weighted by atomic mass is 10.0. The number of hydrogen-bond donors (Lipinski definition) is 1. The third kappa shape index (κ3) is 2.99. The number of nitrogens with one attached hydrogen (secondary N) is 1. The highest BCUT2D eigenvalue weighted by Crippen LogP contribution is 2.29. The van der Waals surface area contributed by atoms with Gasteiger partial charge in [-0.05, 0) is 56.3 Å². The minimum Gasteiger partial charge on any atom is -0.306 e. The van der Waals surface area contributed by atoms with Crippen LogP contribution in [0.3, 0.4) is 0 Å². The van der Waals surface area contributed by atoms with Gasteiger partial charge in [-0.2, -0.15) is 0 Å². The molecule has 0 radical (unpaired) electrons. The molecule has 0 aliphatic heterocycles. The van der Waals surface area contributed by atoms with Crippen molar-refractivity contribution in [1.82, 2.24) is 10.3 Å². The van der Waals surface area contributed by atoms with Gasteiger partial charge in [0.25, 0.3) is 0 Å². The van der Waals surface area contributed by atoms with E-state index >= 15 is 0 Å². The van der Waals surface area contributed by atoms with Crippen molar-refractivity contribution in [3.63, 3.8) is 0 Å². The van der Waals surface area contributed by atoms with E-state index in [0.29, 0.717) is 0 Å². The monoisotopic (exact) mass is 296 g/mol. The molecule has 3 rings (SSSR count). The van der Waals surface area contributed by atoms with Gasteiger partial charge < -0.3 is 5.32 Å². The average Bonchev–Trinajstić information content (AvgIpc) is 2.90. The van der Waals surface area contributed by atoms with E-state index in [9.17, 15) is 0 Å². The summed E-state index contributed by atoms with van der Waals surface area (Å²) in [5.41, 5.74) is 3.43. The Hall–Kier alpha value is -1.71. The Kier molecular flexibility index (Phi) is 4.04. The summed E-state index contributed by atoms with van der Waals surface area (Å²) in [4.78, 5) is 7.30. The third-order valence-electron chi connectivity index (χ3n) is 3.64. The number of aryl methyl sites for hydroxylation is 2. The number of rotatable bonds is 4. The van der Waals surface area contributed by atoms with E-state index in [1.807, 2.05) is 18.3 Å². The molecule has 0 fully saturated rings. The van der Waals surface area contributed by atoms with Crippen LogP contribution in [0.1, 0.15) is 34.0 Å². The van der Waals surface area contributed by atoms with E-state index < -0.39 is 0 Å². The average molecular weight is 296 g/mol. The number of aromatic nitrogens is 1.